The van der Waals surface area contributed by atoms with Crippen LogP contribution in [0.15, 0.2) is 42.5 Å². The van der Waals surface area contributed by atoms with Gasteiger partial charge in [0.15, 0.2) is 0 Å². The SMILES string of the molecule is CN1C(=O)Cc2cc(CCNC(=O)Cc3ccccc3Cl)ccc21. The van der Waals surface area contributed by atoms with Gasteiger partial charge in [0.05, 0.1) is 12.8 Å². The van der Waals surface area contributed by atoms with E-state index in [2.05, 4.69) is 11.4 Å². The lowest BCUT2D eigenvalue weighted by atomic mass is 10.1. The second-order valence-corrected chi connectivity index (χ2v) is 6.37. The Morgan fingerprint density at radius 2 is 2.04 bits per heavy atom. The maximum absolute atomic E-state index is 12.0. The van der Waals surface area contributed by atoms with Crippen molar-refractivity contribution < 1.29 is 9.59 Å². The van der Waals surface area contributed by atoms with Gasteiger partial charge in [-0.2, -0.15) is 0 Å². The lowest BCUT2D eigenvalue weighted by Crippen LogP contribution is -2.27. The number of likely N-dealkylation sites (N-methyl/N-ethyl adjacent to an activating group) is 1. The molecule has 0 saturated carbocycles. The van der Waals surface area contributed by atoms with Gasteiger partial charge >= 0.3 is 0 Å². The Bertz CT molecular complexity index is 789. The van der Waals surface area contributed by atoms with Crippen LogP contribution in [-0.4, -0.2) is 25.4 Å². The molecule has 0 atom stereocenters. The number of nitrogens with one attached hydrogen (secondary N) is 1. The van der Waals surface area contributed by atoms with Crippen LogP contribution in [0.1, 0.15) is 16.7 Å². The van der Waals surface area contributed by atoms with Crippen molar-refractivity contribution in [1.29, 1.82) is 0 Å². The van der Waals surface area contributed by atoms with Crippen molar-refractivity contribution in [1.82, 2.24) is 5.32 Å². The van der Waals surface area contributed by atoms with E-state index in [1.807, 2.05) is 30.3 Å². The third kappa shape index (κ3) is 3.60. The van der Waals surface area contributed by atoms with Gasteiger partial charge in [0.2, 0.25) is 11.8 Å². The maximum Gasteiger partial charge on any atom is 0.231 e. The van der Waals surface area contributed by atoms with E-state index in [1.54, 1.807) is 18.0 Å². The molecule has 1 N–H and O–H groups in total. The van der Waals surface area contributed by atoms with Crippen molar-refractivity contribution in [3.05, 3.63) is 64.2 Å². The average Bonchev–Trinajstić information content (AvgIpc) is 2.84. The summed E-state index contributed by atoms with van der Waals surface area (Å²) in [6.45, 7) is 0.561. The fourth-order valence-corrected chi connectivity index (χ4v) is 3.11. The molecular weight excluding hydrogens is 324 g/mol. The van der Waals surface area contributed by atoms with Crippen LogP contribution < -0.4 is 10.2 Å². The van der Waals surface area contributed by atoms with Crippen LogP contribution >= 0.6 is 11.6 Å². The molecule has 2 aromatic rings. The zero-order valence-electron chi connectivity index (χ0n) is 13.5. The minimum atomic E-state index is -0.0424. The van der Waals surface area contributed by atoms with Crippen LogP contribution in [0.5, 0.6) is 0 Å². The number of halogens is 1. The van der Waals surface area contributed by atoms with Gasteiger partial charge in [-0.1, -0.05) is 41.9 Å². The quantitative estimate of drug-likeness (QED) is 0.908. The van der Waals surface area contributed by atoms with Gasteiger partial charge in [-0.3, -0.25) is 9.59 Å². The third-order valence-corrected chi connectivity index (χ3v) is 4.63. The fourth-order valence-electron chi connectivity index (χ4n) is 2.90. The van der Waals surface area contributed by atoms with Crippen molar-refractivity contribution in [2.24, 2.45) is 0 Å². The summed E-state index contributed by atoms with van der Waals surface area (Å²) in [5.41, 5.74) is 3.99. The molecular formula is C19H19ClN2O2. The predicted octanol–water partition coefficient (Wildman–Crippen LogP) is 2.76. The first-order valence-corrected chi connectivity index (χ1v) is 8.31. The summed E-state index contributed by atoms with van der Waals surface area (Å²) in [6, 6.07) is 13.4. The maximum atomic E-state index is 12.0. The summed E-state index contributed by atoms with van der Waals surface area (Å²) in [4.78, 5) is 25.4. The fraction of sp³-hybridized carbons (Fsp3) is 0.263. The summed E-state index contributed by atoms with van der Waals surface area (Å²) in [5.74, 6) is 0.0781. The normalized spacial score (nSPS) is 13.1. The van der Waals surface area contributed by atoms with Crippen LogP contribution in [0.3, 0.4) is 0 Å². The van der Waals surface area contributed by atoms with E-state index >= 15 is 0 Å². The molecule has 4 nitrogen and oxygen atoms in total. The second-order valence-electron chi connectivity index (χ2n) is 5.96. The van der Waals surface area contributed by atoms with E-state index in [0.29, 0.717) is 18.0 Å². The van der Waals surface area contributed by atoms with Crippen molar-refractivity contribution in [3.8, 4) is 0 Å². The molecule has 24 heavy (non-hydrogen) atoms. The molecule has 0 radical (unpaired) electrons. The molecule has 0 aliphatic carbocycles. The van der Waals surface area contributed by atoms with Gasteiger partial charge in [-0.15, -0.1) is 0 Å². The zero-order valence-corrected chi connectivity index (χ0v) is 14.3. The molecule has 124 valence electrons. The highest BCUT2D eigenvalue weighted by atomic mass is 35.5. The topological polar surface area (TPSA) is 49.4 Å². The highest BCUT2D eigenvalue weighted by Gasteiger charge is 2.23. The second kappa shape index (κ2) is 7.05. The molecule has 1 heterocycles. The van der Waals surface area contributed by atoms with Crippen LogP contribution in [0.25, 0.3) is 0 Å². The average molecular weight is 343 g/mol. The van der Waals surface area contributed by atoms with Crippen molar-refractivity contribution in [2.75, 3.05) is 18.5 Å². The molecule has 3 rings (SSSR count). The van der Waals surface area contributed by atoms with Gasteiger partial charge in [0.1, 0.15) is 0 Å². The molecule has 1 aliphatic heterocycles. The highest BCUT2D eigenvalue weighted by Crippen LogP contribution is 2.28. The summed E-state index contributed by atoms with van der Waals surface area (Å²) >= 11 is 6.06. The molecule has 2 aromatic carbocycles. The molecule has 0 spiro atoms. The van der Waals surface area contributed by atoms with Gasteiger partial charge in [-0.25, -0.2) is 0 Å². The zero-order chi connectivity index (χ0) is 17.1. The van der Waals surface area contributed by atoms with E-state index in [1.165, 1.54) is 0 Å². The molecule has 5 heteroatoms. The smallest absolute Gasteiger partial charge is 0.231 e. The molecule has 0 aromatic heterocycles. The van der Waals surface area contributed by atoms with E-state index < -0.39 is 0 Å². The van der Waals surface area contributed by atoms with Crippen LogP contribution in [0.2, 0.25) is 5.02 Å². The third-order valence-electron chi connectivity index (χ3n) is 4.27. The van der Waals surface area contributed by atoms with E-state index in [0.717, 1.165) is 28.8 Å². The Hall–Kier alpha value is -2.33. The minimum Gasteiger partial charge on any atom is -0.355 e. The summed E-state index contributed by atoms with van der Waals surface area (Å²) in [7, 11) is 1.79. The van der Waals surface area contributed by atoms with Crippen molar-refractivity contribution in [2.45, 2.75) is 19.3 Å². The van der Waals surface area contributed by atoms with Gasteiger partial charge < -0.3 is 10.2 Å². The number of anilines is 1. The standard InChI is InChI=1S/C19H19ClN2O2/c1-22-17-7-6-13(10-15(17)12-19(22)24)8-9-21-18(23)11-14-4-2-3-5-16(14)20/h2-7,10H,8-9,11-12H2,1H3,(H,21,23). The number of hydrogen-bond acceptors (Lipinski definition) is 2. The summed E-state index contributed by atoms with van der Waals surface area (Å²) in [6.07, 6.45) is 1.47. The Kier molecular flexibility index (Phi) is 4.86. The first-order chi connectivity index (χ1) is 11.5. The number of nitrogens with zero attached hydrogens (tertiary/aromatic N) is 1. The van der Waals surface area contributed by atoms with E-state index in [-0.39, 0.29) is 18.2 Å². The van der Waals surface area contributed by atoms with E-state index in [9.17, 15) is 9.59 Å². The predicted molar refractivity (Wildman–Crippen MR) is 95.4 cm³/mol. The Morgan fingerprint density at radius 1 is 1.25 bits per heavy atom. The highest BCUT2D eigenvalue weighted by molar-refractivity contribution is 6.31. The van der Waals surface area contributed by atoms with Crippen LogP contribution in [0.4, 0.5) is 5.69 Å². The van der Waals surface area contributed by atoms with Crippen molar-refractivity contribution >= 4 is 29.1 Å². The van der Waals surface area contributed by atoms with Crippen molar-refractivity contribution in [3.63, 3.8) is 0 Å². The summed E-state index contributed by atoms with van der Waals surface area (Å²) < 4.78 is 0. The molecule has 0 bridgehead atoms. The Balaban J connectivity index is 1.52. The number of carbonyl (C=O) groups is 2. The minimum absolute atomic E-state index is 0.0424. The number of rotatable bonds is 5. The lowest BCUT2D eigenvalue weighted by molar-refractivity contribution is -0.120. The lowest BCUT2D eigenvalue weighted by Gasteiger charge is -2.11. The number of hydrogen-bond donors (Lipinski definition) is 1. The van der Waals surface area contributed by atoms with Crippen LogP contribution in [-0.2, 0) is 28.9 Å². The van der Waals surface area contributed by atoms with Gasteiger partial charge in [0, 0.05) is 24.3 Å². The molecule has 1 aliphatic rings. The number of amides is 2. The molecule has 0 fully saturated rings. The number of benzene rings is 2. The largest absolute Gasteiger partial charge is 0.355 e. The first-order valence-electron chi connectivity index (χ1n) is 7.93. The van der Waals surface area contributed by atoms with Gasteiger partial charge in [-0.05, 0) is 35.2 Å². The first kappa shape index (κ1) is 16.5. The molecule has 2 amide bonds. The number of fused-ring (bicyclic) bond motifs is 1. The summed E-state index contributed by atoms with van der Waals surface area (Å²) in [5, 5.41) is 3.53. The Morgan fingerprint density at radius 3 is 2.83 bits per heavy atom. The van der Waals surface area contributed by atoms with Crippen LogP contribution in [0, 0.1) is 0 Å². The van der Waals surface area contributed by atoms with E-state index in [4.69, 9.17) is 11.6 Å². The van der Waals surface area contributed by atoms with Gasteiger partial charge in [0.25, 0.3) is 0 Å². The number of carbonyl (C=O) groups excluding carboxylic acids is 2. The Labute approximate surface area is 146 Å². The molecule has 0 unspecified atom stereocenters. The monoisotopic (exact) mass is 342 g/mol. The molecule has 0 saturated heterocycles.